The molecule has 0 nitrogen and oxygen atoms in total. The van der Waals surface area contributed by atoms with Gasteiger partial charge in [0, 0.05) is 14.6 Å². The molecule has 9 saturated carbocycles. The highest BCUT2D eigenvalue weighted by Crippen LogP contribution is 2.68. The topological polar surface area (TPSA) is 0 Å². The van der Waals surface area contributed by atoms with Gasteiger partial charge in [0.1, 0.15) is 18.5 Å². The Morgan fingerprint density at radius 2 is 0.531 bits per heavy atom. The van der Waals surface area contributed by atoms with Gasteiger partial charge >= 0.3 is 91.1 Å². The summed E-state index contributed by atoms with van der Waals surface area (Å²) in [4.78, 5) is 0. The average Bonchev–Trinajstić information content (AvgIpc) is 1.64. The quantitative estimate of drug-likeness (QED) is 0.212. The highest BCUT2D eigenvalue weighted by Gasteiger charge is 2.92. The van der Waals surface area contributed by atoms with Crippen molar-refractivity contribution in [2.45, 2.75) is 355 Å². The molecule has 0 N–H and O–H groups in total. The number of alkyl halides is 47. The second-order valence-corrected chi connectivity index (χ2v) is 37.4. The molecule has 25 unspecified atom stereocenters. The molecule has 0 aromatic heterocycles. The van der Waals surface area contributed by atoms with Crippen LogP contribution in [0.2, 0.25) is 0 Å². The summed E-state index contributed by atoms with van der Waals surface area (Å²) in [7, 11) is 0. The van der Waals surface area contributed by atoms with Gasteiger partial charge in [-0.2, -0.15) is 171 Å². The Balaban J connectivity index is 0.000000735. The van der Waals surface area contributed by atoms with Crippen molar-refractivity contribution >= 4 is 0 Å². The van der Waals surface area contributed by atoms with Crippen LogP contribution in [-0.4, -0.2) is 133 Å². The molecule has 0 aliphatic heterocycles. The molecule has 9 aliphatic rings. The second kappa shape index (κ2) is 42.8. The second-order valence-electron chi connectivity index (χ2n) is 37.4. The molecule has 0 radical (unpaired) electrons. The van der Waals surface area contributed by atoms with Gasteiger partial charge in [0.25, 0.3) is 5.92 Å². The summed E-state index contributed by atoms with van der Waals surface area (Å²) in [6, 6.07) is 0. The molecule has 9 fully saturated rings. The summed E-state index contributed by atoms with van der Waals surface area (Å²) in [6.07, 6.45) is -43.5. The van der Waals surface area contributed by atoms with Crippen LogP contribution in [0.3, 0.4) is 0 Å². The van der Waals surface area contributed by atoms with Crippen LogP contribution in [-0.2, 0) is 0 Å². The number of hydrogen-bond acceptors (Lipinski definition) is 0. The normalized spacial score (nSPS) is 42.5. The van der Waals surface area contributed by atoms with Gasteiger partial charge in [0.2, 0.25) is 11.3 Å². The Morgan fingerprint density at radius 1 is 0.234 bits per heavy atom. The molecular weight excluding hydrogens is 1870 g/mol. The minimum absolute atomic E-state index is 0.0166. The van der Waals surface area contributed by atoms with Crippen LogP contribution in [0.5, 0.6) is 0 Å². The van der Waals surface area contributed by atoms with Crippen LogP contribution in [0, 0.1) is 154 Å². The lowest BCUT2D eigenvalue weighted by molar-refractivity contribution is -0.428. The highest BCUT2D eigenvalue weighted by molar-refractivity contribution is 5.21. The van der Waals surface area contributed by atoms with Crippen LogP contribution < -0.4 is 0 Å². The minimum atomic E-state index is -5.90. The molecule has 0 spiro atoms. The van der Waals surface area contributed by atoms with Crippen molar-refractivity contribution < 1.29 is 209 Å². The maximum Gasteiger partial charge on any atom is 0.392 e. The van der Waals surface area contributed by atoms with Gasteiger partial charge in [-0.1, -0.05) is 143 Å². The summed E-state index contributed by atoms with van der Waals surface area (Å²) in [5.74, 6) is -73.1. The lowest BCUT2D eigenvalue weighted by atomic mass is 9.57. The Hall–Kier alpha value is -3.29. The van der Waals surface area contributed by atoms with E-state index in [1.54, 1.807) is 34.6 Å². The van der Waals surface area contributed by atoms with Gasteiger partial charge in [0.15, 0.2) is 6.17 Å². The van der Waals surface area contributed by atoms with E-state index in [1.165, 1.54) is 27.7 Å². The molecule has 9 rings (SSSR count). The third kappa shape index (κ3) is 28.2. The molecule has 768 valence electrons. The minimum Gasteiger partial charge on any atom is -0.247 e. The van der Waals surface area contributed by atoms with Gasteiger partial charge in [-0.3, -0.25) is 0 Å². The van der Waals surface area contributed by atoms with Crippen molar-refractivity contribution in [1.29, 1.82) is 0 Å². The smallest absolute Gasteiger partial charge is 0.247 e. The molecule has 0 aromatic carbocycles. The van der Waals surface area contributed by atoms with Gasteiger partial charge in [0.05, 0.1) is 65.1 Å². The first kappa shape index (κ1) is 119. The molecule has 30 atom stereocenters. The maximum absolute atomic E-state index is 13.1. The van der Waals surface area contributed by atoms with E-state index in [9.17, 15) is 206 Å². The molecule has 0 aromatic rings. The number of rotatable bonds is 0. The zero-order chi connectivity index (χ0) is 104. The molecule has 9 aliphatic carbocycles. The zero-order valence-electron chi connectivity index (χ0n) is 74.8. The summed E-state index contributed by atoms with van der Waals surface area (Å²) >= 11 is 0. The van der Waals surface area contributed by atoms with Crippen molar-refractivity contribution in [3.05, 3.63) is 0 Å². The van der Waals surface area contributed by atoms with E-state index in [0.29, 0.717) is 39.0 Å². The van der Waals surface area contributed by atoms with Gasteiger partial charge < -0.3 is 0 Å². The summed E-state index contributed by atoms with van der Waals surface area (Å²) < 4.78 is 613. The summed E-state index contributed by atoms with van der Waals surface area (Å²) in [6.45, 7) is 20.9. The molecule has 47 heteroatoms. The fourth-order valence-corrected chi connectivity index (χ4v) is 19.1. The number of hydrogen-bond donors (Lipinski definition) is 0. The first-order valence-electron chi connectivity index (χ1n) is 42.1. The van der Waals surface area contributed by atoms with Crippen LogP contribution in [0.15, 0.2) is 0 Å². The van der Waals surface area contributed by atoms with Crippen LogP contribution in [0.25, 0.3) is 0 Å². The third-order valence-electron chi connectivity index (χ3n) is 27.4. The summed E-state index contributed by atoms with van der Waals surface area (Å²) in [5, 5.41) is 0. The van der Waals surface area contributed by atoms with Gasteiger partial charge in [-0.15, -0.1) is 0 Å². The standard InChI is InChI=1S/C12H15F9.C10H14F6.4C9H15F3.C8H7F9.C8H12F4.C7H7F7/c1-4-5(2)8(11(16,17)18)9(12(19,20)21)6(3)7(4)10(13,14)15;1-5-3-6(2)8(10(14,15)16)7(4-5)9(11,12)13;2*1-6-3-7(2)5-8(4-6)9(10,11)12;2*1-6-4-3-5-8(7(6)2)9(10,11)12;1-3-5(10,11)7(14,15)4(2,9)8(16,17)6(3,12)13;1-3-5(9)4(2)7(11)8(12)6(3)10;1-3-5(9,10)4(2,8)7(13,14)6(3,11)12/h4-9H,1-3H3;5-8H,3-4H2,1-2H3;4*6-8H,3-5H2,1-2H3;3H,1-2H3;3-8H,1-2H3;3H,1-2H3/t4-,5?,6?,7?,8?,9?;5-,6?,7?,8?;2*6-,7?,8?;;;;3-,4?,5?,6?,7?,8?;/m1000...0./s1/i;;6D;;7D;;;;. The van der Waals surface area contributed by atoms with Crippen LogP contribution in [0.1, 0.15) is 224 Å². The zero-order valence-corrected chi connectivity index (χ0v) is 72.8. The van der Waals surface area contributed by atoms with Crippen molar-refractivity contribution in [2.24, 2.45) is 154 Å². The van der Waals surface area contributed by atoms with E-state index < -0.39 is 259 Å². The van der Waals surface area contributed by atoms with Gasteiger partial charge in [-0.25, -0.2) is 35.1 Å². The SMILES string of the molecule is CC1C(C(F)(F)F)C(C(F)(F)F)C(C)[C@@H](C)C1C(F)(F)F.CC1C(F)(F)C(C)(F)C(F)(F)C1(F)F.CC1C(F)(F)C(F)(F)C(C)(F)C(F)(F)C1(F)F.CC1C(F)C(F)C(F)[C@@H](C)C1F.CC1CC(C(F)(F)F)C[C@@H](C)C1.CC1CCCC(C(F)(F)F)C1C.CC1C[C@H](C)CC(C(F)(F)F)C1C(F)(F)F.[2H]C1(C)C(C)CCCC1C(F)(F)F.[2H][C@]1(C)CC(C)CC(C(F)(F)F)C1. The van der Waals surface area contributed by atoms with Crippen LogP contribution in [0.4, 0.5) is 206 Å². The highest BCUT2D eigenvalue weighted by atomic mass is 19.5. The molecule has 0 saturated heterocycles. The van der Waals surface area contributed by atoms with Crippen molar-refractivity contribution in [1.82, 2.24) is 0 Å². The molecule has 0 amide bonds. The molecule has 128 heavy (non-hydrogen) atoms. The van der Waals surface area contributed by atoms with Crippen molar-refractivity contribution in [3.8, 4) is 0 Å². The fourth-order valence-electron chi connectivity index (χ4n) is 19.1. The van der Waals surface area contributed by atoms with E-state index in [1.807, 2.05) is 20.8 Å². The molecular formula is C81H115F47. The number of halogens is 47. The van der Waals surface area contributed by atoms with Gasteiger partial charge in [-0.05, 0) is 155 Å². The Bertz CT molecular complexity index is 3270. The van der Waals surface area contributed by atoms with E-state index in [2.05, 4.69) is 0 Å². The first-order chi connectivity index (χ1) is 56.9. The van der Waals surface area contributed by atoms with Crippen molar-refractivity contribution in [3.63, 3.8) is 0 Å². The fraction of sp³-hybridized carbons (Fsp3) is 1.00. The summed E-state index contributed by atoms with van der Waals surface area (Å²) in [5.41, 5.74) is -9.87. The Kier molecular flexibility index (Phi) is 39.7. The largest absolute Gasteiger partial charge is 0.392 e. The lowest BCUT2D eigenvalue weighted by Crippen LogP contribution is -2.77. The molecule has 0 bridgehead atoms. The maximum atomic E-state index is 13.1. The Labute approximate surface area is 716 Å². The third-order valence-corrected chi connectivity index (χ3v) is 27.4. The van der Waals surface area contributed by atoms with Crippen LogP contribution >= 0.6 is 0 Å². The van der Waals surface area contributed by atoms with E-state index in [0.717, 1.165) is 39.5 Å². The van der Waals surface area contributed by atoms with E-state index in [-0.39, 0.29) is 87.9 Å². The predicted octanol–water partition coefficient (Wildman–Crippen LogP) is 34.1. The first-order valence-corrected chi connectivity index (χ1v) is 41.1. The average molecular weight is 1980 g/mol. The molecule has 0 heterocycles. The Morgan fingerprint density at radius 3 is 0.828 bits per heavy atom. The predicted molar refractivity (Wildman–Crippen MR) is 380 cm³/mol. The monoisotopic (exact) mass is 1980 g/mol. The lowest BCUT2D eigenvalue weighted by Gasteiger charge is -2.51. The van der Waals surface area contributed by atoms with E-state index in [4.69, 9.17) is 2.74 Å². The van der Waals surface area contributed by atoms with Crippen molar-refractivity contribution in [2.75, 3.05) is 0 Å². The van der Waals surface area contributed by atoms with E-state index >= 15 is 0 Å².